The van der Waals surface area contributed by atoms with Crippen molar-refractivity contribution in [3.63, 3.8) is 0 Å². The summed E-state index contributed by atoms with van der Waals surface area (Å²) in [7, 11) is 0. The van der Waals surface area contributed by atoms with Crippen molar-refractivity contribution < 1.29 is 0 Å². The third kappa shape index (κ3) is 4.06. The number of nitrogens with one attached hydrogen (secondary N) is 1. The summed E-state index contributed by atoms with van der Waals surface area (Å²) in [5.74, 6) is 0.443. The number of anilines is 1. The van der Waals surface area contributed by atoms with E-state index in [1.807, 2.05) is 31.2 Å². The minimum atomic E-state index is 0.443. The second-order valence-corrected chi connectivity index (χ2v) is 6.04. The first-order chi connectivity index (χ1) is 9.54. The van der Waals surface area contributed by atoms with Gasteiger partial charge in [0, 0.05) is 23.5 Å². The van der Waals surface area contributed by atoms with Gasteiger partial charge in [-0.25, -0.2) is 4.98 Å². The molecule has 0 bridgehead atoms. The predicted octanol–water partition coefficient (Wildman–Crippen LogP) is 3.04. The molecule has 0 aliphatic carbocycles. The molecule has 5 heteroatoms. The van der Waals surface area contributed by atoms with E-state index in [4.69, 9.17) is 5.73 Å². The molecule has 0 amide bonds. The average molecular weight is 288 g/mol. The molecule has 0 fully saturated rings. The van der Waals surface area contributed by atoms with Crippen molar-refractivity contribution >= 4 is 23.0 Å². The van der Waals surface area contributed by atoms with Gasteiger partial charge in [0.2, 0.25) is 0 Å². The van der Waals surface area contributed by atoms with Crippen LogP contribution in [0.25, 0.3) is 0 Å². The van der Waals surface area contributed by atoms with E-state index in [1.54, 1.807) is 11.3 Å². The molecule has 4 nitrogen and oxygen atoms in total. The lowest BCUT2D eigenvalue weighted by Gasteiger charge is -2.05. The Morgan fingerprint density at radius 2 is 1.95 bits per heavy atom. The van der Waals surface area contributed by atoms with Crippen LogP contribution in [-0.4, -0.2) is 17.5 Å². The van der Waals surface area contributed by atoms with Crippen molar-refractivity contribution in [2.75, 3.05) is 11.9 Å². The van der Waals surface area contributed by atoms with Gasteiger partial charge >= 0.3 is 0 Å². The standard InChI is InChI=1S/C15H20N4S/c1-10-4-6-13(7-5-10)19-15(16)17-9-8-14-18-11(2)12(3)20-14/h4-7H,8-9H2,1-3H3,(H3,16,17,19). The normalized spacial score (nSPS) is 11.7. The zero-order valence-electron chi connectivity index (χ0n) is 12.1. The first-order valence-electron chi connectivity index (χ1n) is 6.61. The summed E-state index contributed by atoms with van der Waals surface area (Å²) in [4.78, 5) is 10.1. The maximum absolute atomic E-state index is 5.86. The molecule has 1 heterocycles. The number of rotatable bonds is 4. The van der Waals surface area contributed by atoms with Crippen molar-refractivity contribution in [1.82, 2.24) is 4.98 Å². The highest BCUT2D eigenvalue weighted by molar-refractivity contribution is 7.11. The Bertz CT molecular complexity index is 579. The predicted molar refractivity (Wildman–Crippen MR) is 86.6 cm³/mol. The Hall–Kier alpha value is -1.88. The number of aromatic nitrogens is 1. The Morgan fingerprint density at radius 1 is 1.25 bits per heavy atom. The van der Waals surface area contributed by atoms with Crippen molar-refractivity contribution in [1.29, 1.82) is 0 Å². The quantitative estimate of drug-likeness (QED) is 0.671. The van der Waals surface area contributed by atoms with Crippen LogP contribution in [0.15, 0.2) is 29.3 Å². The summed E-state index contributed by atoms with van der Waals surface area (Å²) in [6.07, 6.45) is 0.829. The van der Waals surface area contributed by atoms with Crippen LogP contribution in [-0.2, 0) is 6.42 Å². The SMILES string of the molecule is Cc1ccc(NC(N)=NCCc2nc(C)c(C)s2)cc1. The number of benzene rings is 1. The maximum Gasteiger partial charge on any atom is 0.193 e. The number of nitrogens with two attached hydrogens (primary N) is 1. The number of thiazole rings is 1. The summed E-state index contributed by atoms with van der Waals surface area (Å²) in [5, 5.41) is 4.20. The summed E-state index contributed by atoms with van der Waals surface area (Å²) in [6, 6.07) is 8.06. The molecule has 20 heavy (non-hydrogen) atoms. The molecule has 0 saturated heterocycles. The van der Waals surface area contributed by atoms with Crippen molar-refractivity contribution in [2.24, 2.45) is 10.7 Å². The third-order valence-electron chi connectivity index (χ3n) is 3.00. The highest BCUT2D eigenvalue weighted by Crippen LogP contribution is 2.16. The van der Waals surface area contributed by atoms with Gasteiger partial charge in [-0.3, -0.25) is 4.99 Å². The Kier molecular flexibility index (Phi) is 4.74. The van der Waals surface area contributed by atoms with Crippen LogP contribution in [0.2, 0.25) is 0 Å². The first-order valence-corrected chi connectivity index (χ1v) is 7.43. The summed E-state index contributed by atoms with van der Waals surface area (Å²) >= 11 is 1.73. The van der Waals surface area contributed by atoms with Crippen LogP contribution in [0.1, 0.15) is 21.1 Å². The minimum Gasteiger partial charge on any atom is -0.370 e. The lowest BCUT2D eigenvalue weighted by molar-refractivity contribution is 0.941. The van der Waals surface area contributed by atoms with Gasteiger partial charge in [0.1, 0.15) is 0 Å². The van der Waals surface area contributed by atoms with E-state index in [0.717, 1.165) is 22.8 Å². The number of hydrogen-bond acceptors (Lipinski definition) is 3. The van der Waals surface area contributed by atoms with Gasteiger partial charge in [-0.05, 0) is 32.9 Å². The van der Waals surface area contributed by atoms with Crippen molar-refractivity contribution in [2.45, 2.75) is 27.2 Å². The van der Waals surface area contributed by atoms with Gasteiger partial charge in [-0.15, -0.1) is 11.3 Å². The molecule has 1 aromatic heterocycles. The second-order valence-electron chi connectivity index (χ2n) is 4.76. The maximum atomic E-state index is 5.86. The van der Waals surface area contributed by atoms with Gasteiger partial charge in [-0.2, -0.15) is 0 Å². The molecular formula is C15H20N4S. The molecule has 0 radical (unpaired) electrons. The van der Waals surface area contributed by atoms with Gasteiger partial charge in [-0.1, -0.05) is 17.7 Å². The van der Waals surface area contributed by atoms with Crippen molar-refractivity contribution in [3.05, 3.63) is 45.4 Å². The Labute approximate surface area is 123 Å². The summed E-state index contributed by atoms with van der Waals surface area (Å²) < 4.78 is 0. The van der Waals surface area contributed by atoms with E-state index in [1.165, 1.54) is 10.4 Å². The topological polar surface area (TPSA) is 63.3 Å². The lowest BCUT2D eigenvalue weighted by atomic mass is 10.2. The number of hydrogen-bond donors (Lipinski definition) is 2. The number of aliphatic imine (C=N–C) groups is 1. The van der Waals surface area contributed by atoms with Crippen LogP contribution in [0.5, 0.6) is 0 Å². The number of aryl methyl sites for hydroxylation is 3. The molecule has 0 atom stereocenters. The zero-order valence-corrected chi connectivity index (χ0v) is 12.9. The first kappa shape index (κ1) is 14.5. The van der Waals surface area contributed by atoms with E-state index >= 15 is 0 Å². The van der Waals surface area contributed by atoms with Crippen LogP contribution < -0.4 is 11.1 Å². The Balaban J connectivity index is 1.86. The van der Waals surface area contributed by atoms with Gasteiger partial charge in [0.25, 0.3) is 0 Å². The average Bonchev–Trinajstić information content (AvgIpc) is 2.71. The summed E-state index contributed by atoms with van der Waals surface area (Å²) in [5.41, 5.74) is 9.15. The van der Waals surface area contributed by atoms with E-state index in [0.29, 0.717) is 12.5 Å². The van der Waals surface area contributed by atoms with E-state index in [9.17, 15) is 0 Å². The van der Waals surface area contributed by atoms with Crippen LogP contribution in [0.4, 0.5) is 5.69 Å². The molecule has 0 spiro atoms. The third-order valence-corrected chi connectivity index (χ3v) is 4.14. The molecule has 0 unspecified atom stereocenters. The van der Waals surface area contributed by atoms with Crippen LogP contribution in [0, 0.1) is 20.8 Å². The van der Waals surface area contributed by atoms with Gasteiger partial charge in [0.05, 0.1) is 10.7 Å². The highest BCUT2D eigenvalue weighted by Gasteiger charge is 2.02. The molecule has 106 valence electrons. The summed E-state index contributed by atoms with van der Waals surface area (Å²) in [6.45, 7) is 6.83. The van der Waals surface area contributed by atoms with E-state index < -0.39 is 0 Å². The van der Waals surface area contributed by atoms with Crippen molar-refractivity contribution in [3.8, 4) is 0 Å². The molecular weight excluding hydrogens is 268 g/mol. The van der Waals surface area contributed by atoms with E-state index in [2.05, 4.69) is 29.1 Å². The van der Waals surface area contributed by atoms with Gasteiger partial charge < -0.3 is 11.1 Å². The molecule has 0 saturated carbocycles. The second kappa shape index (κ2) is 6.52. The van der Waals surface area contributed by atoms with E-state index in [-0.39, 0.29) is 0 Å². The Morgan fingerprint density at radius 3 is 2.55 bits per heavy atom. The van der Waals surface area contributed by atoms with Crippen LogP contribution in [0.3, 0.4) is 0 Å². The fourth-order valence-electron chi connectivity index (χ4n) is 1.74. The zero-order chi connectivity index (χ0) is 14.5. The fraction of sp³-hybridized carbons (Fsp3) is 0.333. The largest absolute Gasteiger partial charge is 0.370 e. The monoisotopic (exact) mass is 288 g/mol. The van der Waals surface area contributed by atoms with Crippen LogP contribution >= 0.6 is 11.3 Å². The molecule has 2 aromatic rings. The van der Waals surface area contributed by atoms with Gasteiger partial charge in [0.15, 0.2) is 5.96 Å². The molecule has 1 aromatic carbocycles. The lowest BCUT2D eigenvalue weighted by Crippen LogP contribution is -2.23. The fourth-order valence-corrected chi connectivity index (χ4v) is 2.67. The molecule has 2 rings (SSSR count). The number of guanidine groups is 1. The molecule has 0 aliphatic heterocycles. The number of nitrogens with zero attached hydrogens (tertiary/aromatic N) is 2. The molecule has 3 N–H and O–H groups in total. The highest BCUT2D eigenvalue weighted by atomic mass is 32.1. The minimum absolute atomic E-state index is 0.443. The smallest absolute Gasteiger partial charge is 0.193 e. The molecule has 0 aliphatic rings.